The Morgan fingerprint density at radius 3 is 2.57 bits per heavy atom. The van der Waals surface area contributed by atoms with E-state index in [2.05, 4.69) is 15.5 Å². The number of carbonyl (C=O) groups is 3. The number of hydrogen-bond acceptors (Lipinski definition) is 5. The van der Waals surface area contributed by atoms with Gasteiger partial charge in [0.25, 0.3) is 5.91 Å². The van der Waals surface area contributed by atoms with Crippen molar-refractivity contribution in [3.63, 3.8) is 0 Å². The second-order valence-electron chi connectivity index (χ2n) is 7.34. The fourth-order valence-electron chi connectivity index (χ4n) is 3.45. The van der Waals surface area contributed by atoms with Crippen LogP contribution in [0.5, 0.6) is 0 Å². The first-order chi connectivity index (χ1) is 13.4. The van der Waals surface area contributed by atoms with Crippen molar-refractivity contribution in [2.24, 2.45) is 5.92 Å². The molecule has 1 fully saturated rings. The summed E-state index contributed by atoms with van der Waals surface area (Å²) in [5, 5.41) is 11.0. The highest BCUT2D eigenvalue weighted by Gasteiger charge is 2.34. The molecular formula is C20H25N5O3. The Labute approximate surface area is 163 Å². The zero-order valence-electron chi connectivity index (χ0n) is 16.4. The van der Waals surface area contributed by atoms with Gasteiger partial charge in [0.05, 0.1) is 36.1 Å². The van der Waals surface area contributed by atoms with E-state index in [1.807, 2.05) is 32.0 Å². The molecule has 28 heavy (non-hydrogen) atoms. The summed E-state index contributed by atoms with van der Waals surface area (Å²) in [6, 6.07) is 5.58. The lowest BCUT2D eigenvalue weighted by Crippen LogP contribution is -2.50. The first-order valence-electron chi connectivity index (χ1n) is 9.42. The Kier molecular flexibility index (Phi) is 5.87. The number of likely N-dealkylation sites (tertiary alicyclic amines) is 1. The number of Topliss-reactive ketones (excluding diaryl/α,β-unsaturated/α-hetero) is 1. The minimum Gasteiger partial charge on any atom is -0.349 e. The van der Waals surface area contributed by atoms with E-state index in [4.69, 9.17) is 0 Å². The molecule has 0 aliphatic carbocycles. The number of carbonyl (C=O) groups excluding carboxylic acids is 3. The van der Waals surface area contributed by atoms with Crippen LogP contribution in [-0.4, -0.2) is 56.6 Å². The molecule has 1 aliphatic heterocycles. The smallest absolute Gasteiger partial charge is 0.256 e. The van der Waals surface area contributed by atoms with E-state index < -0.39 is 0 Å². The molecule has 2 heterocycles. The molecule has 2 aromatic rings. The molecule has 3 rings (SSSR count). The van der Waals surface area contributed by atoms with Crippen molar-refractivity contribution in [2.75, 3.05) is 13.1 Å². The van der Waals surface area contributed by atoms with Gasteiger partial charge < -0.3 is 10.2 Å². The van der Waals surface area contributed by atoms with E-state index in [1.54, 1.807) is 17.3 Å². The van der Waals surface area contributed by atoms with Gasteiger partial charge in [-0.3, -0.25) is 14.4 Å². The predicted molar refractivity (Wildman–Crippen MR) is 103 cm³/mol. The Hall–Kier alpha value is -3.03. The van der Waals surface area contributed by atoms with Crippen LogP contribution in [0.2, 0.25) is 0 Å². The average molecular weight is 383 g/mol. The molecule has 8 heteroatoms. The molecule has 0 saturated carbocycles. The van der Waals surface area contributed by atoms with Crippen LogP contribution in [0.1, 0.15) is 42.6 Å². The molecule has 1 saturated heterocycles. The summed E-state index contributed by atoms with van der Waals surface area (Å²) in [4.78, 5) is 40.1. The van der Waals surface area contributed by atoms with Gasteiger partial charge in [-0.15, -0.1) is 0 Å². The summed E-state index contributed by atoms with van der Waals surface area (Å²) < 4.78 is 0. The molecule has 0 spiro atoms. The van der Waals surface area contributed by atoms with Crippen LogP contribution in [0, 0.1) is 12.8 Å². The van der Waals surface area contributed by atoms with Gasteiger partial charge in [-0.1, -0.05) is 11.6 Å². The number of ketones is 1. The number of amides is 2. The second-order valence-corrected chi connectivity index (χ2v) is 7.34. The predicted octanol–water partition coefficient (Wildman–Crippen LogP) is 1.52. The minimum absolute atomic E-state index is 0.0169. The maximum atomic E-state index is 13.4. The molecule has 2 amide bonds. The van der Waals surface area contributed by atoms with E-state index in [1.165, 1.54) is 11.7 Å². The summed E-state index contributed by atoms with van der Waals surface area (Å²) in [7, 11) is 0. The third-order valence-corrected chi connectivity index (χ3v) is 5.04. The number of piperidine rings is 1. The van der Waals surface area contributed by atoms with E-state index in [0.717, 1.165) is 12.0 Å². The number of aryl methyl sites for hydroxylation is 1. The Morgan fingerprint density at radius 1 is 1.18 bits per heavy atom. The van der Waals surface area contributed by atoms with E-state index >= 15 is 0 Å². The molecule has 1 N–H and O–H groups in total. The van der Waals surface area contributed by atoms with Crippen LogP contribution in [0.15, 0.2) is 30.6 Å². The topological polar surface area (TPSA) is 97.2 Å². The van der Waals surface area contributed by atoms with Gasteiger partial charge >= 0.3 is 0 Å². The van der Waals surface area contributed by atoms with Crippen LogP contribution in [0.25, 0.3) is 5.69 Å². The number of benzene rings is 1. The quantitative estimate of drug-likeness (QED) is 0.844. The zero-order chi connectivity index (χ0) is 20.3. The lowest BCUT2D eigenvalue weighted by Gasteiger charge is -2.37. The first kappa shape index (κ1) is 19.7. The van der Waals surface area contributed by atoms with Gasteiger partial charge in [0.1, 0.15) is 5.78 Å². The molecule has 2 unspecified atom stereocenters. The van der Waals surface area contributed by atoms with Crippen molar-refractivity contribution in [1.82, 2.24) is 25.2 Å². The standard InChI is InChI=1S/C20H25N5O3/c1-13-4-7-18(25-22-8-9-23-25)17(10-13)20(28)24-12-16(6-5-14(24)2)19(27)21-11-15(3)26/h4,7-10,14,16H,5-6,11-12H2,1-3H3,(H,21,27). The lowest BCUT2D eigenvalue weighted by atomic mass is 9.91. The Morgan fingerprint density at radius 2 is 1.89 bits per heavy atom. The van der Waals surface area contributed by atoms with Crippen molar-refractivity contribution < 1.29 is 14.4 Å². The van der Waals surface area contributed by atoms with Crippen molar-refractivity contribution in [1.29, 1.82) is 0 Å². The van der Waals surface area contributed by atoms with Crippen molar-refractivity contribution in [3.05, 3.63) is 41.7 Å². The average Bonchev–Trinajstić information content (AvgIpc) is 3.20. The molecule has 8 nitrogen and oxygen atoms in total. The van der Waals surface area contributed by atoms with E-state index in [9.17, 15) is 14.4 Å². The highest BCUT2D eigenvalue weighted by molar-refractivity contribution is 5.98. The molecule has 1 aliphatic rings. The van der Waals surface area contributed by atoms with E-state index in [-0.39, 0.29) is 36.1 Å². The maximum Gasteiger partial charge on any atom is 0.256 e. The van der Waals surface area contributed by atoms with Crippen LogP contribution >= 0.6 is 0 Å². The summed E-state index contributed by atoms with van der Waals surface area (Å²) in [6.45, 7) is 5.69. The van der Waals surface area contributed by atoms with Gasteiger partial charge in [0, 0.05) is 12.6 Å². The minimum atomic E-state index is -0.324. The highest BCUT2D eigenvalue weighted by atomic mass is 16.2. The zero-order valence-corrected chi connectivity index (χ0v) is 16.4. The summed E-state index contributed by atoms with van der Waals surface area (Å²) in [6.07, 6.45) is 4.54. The summed E-state index contributed by atoms with van der Waals surface area (Å²) >= 11 is 0. The third kappa shape index (κ3) is 4.27. The maximum absolute atomic E-state index is 13.4. The highest BCUT2D eigenvalue weighted by Crippen LogP contribution is 2.26. The number of nitrogens with zero attached hydrogens (tertiary/aromatic N) is 4. The van der Waals surface area contributed by atoms with Crippen LogP contribution in [-0.2, 0) is 9.59 Å². The second kappa shape index (κ2) is 8.33. The molecule has 0 bridgehead atoms. The third-order valence-electron chi connectivity index (χ3n) is 5.04. The van der Waals surface area contributed by atoms with Gasteiger partial charge in [-0.25, -0.2) is 0 Å². The van der Waals surface area contributed by atoms with E-state index in [0.29, 0.717) is 24.2 Å². The molecule has 1 aromatic heterocycles. The first-order valence-corrected chi connectivity index (χ1v) is 9.42. The van der Waals surface area contributed by atoms with Crippen molar-refractivity contribution in [3.8, 4) is 5.69 Å². The Bertz CT molecular complexity index is 878. The SMILES string of the molecule is CC(=O)CNC(=O)C1CCC(C)N(C(=O)c2cc(C)ccc2-n2nccn2)C1. The summed E-state index contributed by atoms with van der Waals surface area (Å²) in [5.41, 5.74) is 2.07. The van der Waals surface area contributed by atoms with Crippen LogP contribution in [0.3, 0.4) is 0 Å². The molecule has 1 aromatic carbocycles. The van der Waals surface area contributed by atoms with Gasteiger partial charge in [0.15, 0.2) is 0 Å². The largest absolute Gasteiger partial charge is 0.349 e. The number of nitrogens with one attached hydrogen (secondary N) is 1. The molecule has 0 radical (unpaired) electrons. The van der Waals surface area contributed by atoms with Gasteiger partial charge in [0.2, 0.25) is 5.91 Å². The fraction of sp³-hybridized carbons (Fsp3) is 0.450. The number of hydrogen-bond donors (Lipinski definition) is 1. The lowest BCUT2D eigenvalue weighted by molar-refractivity contribution is -0.128. The number of aromatic nitrogens is 3. The van der Waals surface area contributed by atoms with Crippen LogP contribution < -0.4 is 5.32 Å². The van der Waals surface area contributed by atoms with Crippen molar-refractivity contribution >= 4 is 17.6 Å². The van der Waals surface area contributed by atoms with Crippen molar-refractivity contribution in [2.45, 2.75) is 39.7 Å². The van der Waals surface area contributed by atoms with Gasteiger partial charge in [-0.2, -0.15) is 15.0 Å². The number of rotatable bonds is 5. The van der Waals surface area contributed by atoms with Crippen LogP contribution in [0.4, 0.5) is 0 Å². The van der Waals surface area contributed by atoms with Gasteiger partial charge in [-0.05, 0) is 45.7 Å². The molecule has 2 atom stereocenters. The monoisotopic (exact) mass is 383 g/mol. The Balaban J connectivity index is 1.84. The normalized spacial score (nSPS) is 19.3. The summed E-state index contributed by atoms with van der Waals surface area (Å²) in [5.74, 6) is -0.747. The molecule has 148 valence electrons. The fourth-order valence-corrected chi connectivity index (χ4v) is 3.45. The molecular weight excluding hydrogens is 358 g/mol.